The highest BCUT2D eigenvalue weighted by molar-refractivity contribution is 7.79. The molecule has 19 heavy (non-hydrogen) atoms. The summed E-state index contributed by atoms with van der Waals surface area (Å²) in [5.41, 5.74) is 0. The van der Waals surface area contributed by atoms with Crippen molar-refractivity contribution in [1.82, 2.24) is 4.90 Å². The van der Waals surface area contributed by atoms with Crippen LogP contribution in [-0.4, -0.2) is 68.9 Å². The van der Waals surface area contributed by atoms with Crippen LogP contribution in [0.4, 0.5) is 0 Å². The van der Waals surface area contributed by atoms with E-state index in [2.05, 4.69) is 57.8 Å². The molecule has 1 rings (SSSR count). The summed E-state index contributed by atoms with van der Waals surface area (Å²) < 4.78 is 12.9. The average Bonchev–Trinajstić information content (AvgIpc) is 2.09. The zero-order valence-corrected chi connectivity index (χ0v) is 18.1. The van der Waals surface area contributed by atoms with Crippen LogP contribution < -0.4 is 0 Å². The molecule has 0 unspecified atom stereocenters. The van der Waals surface area contributed by atoms with Gasteiger partial charge in [0.25, 0.3) is 0 Å². The summed E-state index contributed by atoms with van der Waals surface area (Å²) in [4.78, 5) is 2.31. The van der Waals surface area contributed by atoms with Crippen LogP contribution in [0.25, 0.3) is 0 Å². The maximum Gasteiger partial charge on any atom is 0.305 e. The summed E-state index contributed by atoms with van der Waals surface area (Å²) in [6, 6.07) is 0. The molecule has 113 valence electrons. The summed E-state index contributed by atoms with van der Waals surface area (Å²) in [7, 11) is -2.63. The lowest BCUT2D eigenvalue weighted by molar-refractivity contribution is 0.121. The van der Waals surface area contributed by atoms with Crippen LogP contribution in [-0.2, 0) is 8.85 Å². The maximum absolute atomic E-state index is 6.45. The Balaban J connectivity index is 2.99. The van der Waals surface area contributed by atoms with Crippen molar-refractivity contribution in [2.45, 2.75) is 45.8 Å². The normalized spacial score (nSPS) is 23.2. The molecule has 1 saturated heterocycles. The second-order valence-corrected chi connectivity index (χ2v) is 40.8. The first-order valence-corrected chi connectivity index (χ1v) is 21.1. The highest BCUT2D eigenvalue weighted by Gasteiger charge is 2.55. The topological polar surface area (TPSA) is 21.7 Å². The van der Waals surface area contributed by atoms with Crippen LogP contribution >= 0.6 is 0 Å². The van der Waals surface area contributed by atoms with Gasteiger partial charge in [-0.1, -0.05) is 39.3 Å². The van der Waals surface area contributed by atoms with E-state index in [0.717, 1.165) is 26.3 Å². The minimum absolute atomic E-state index is 0.477. The lowest BCUT2D eigenvalue weighted by Crippen LogP contribution is -2.75. The molecule has 0 aliphatic carbocycles. The Morgan fingerprint density at radius 1 is 0.895 bits per heavy atom. The monoisotopic (exact) mass is 334 g/mol. The number of likely N-dealkylation sites (N-methyl/N-ethyl adjacent to an activating group) is 1. The summed E-state index contributed by atoms with van der Waals surface area (Å²) in [5, 5.41) is 0. The Kier molecular flexibility index (Phi) is 5.85. The van der Waals surface area contributed by atoms with Crippen molar-refractivity contribution in [3.05, 3.63) is 0 Å². The first kappa shape index (κ1) is 17.8. The van der Waals surface area contributed by atoms with Crippen LogP contribution in [0.3, 0.4) is 0 Å². The van der Waals surface area contributed by atoms with Gasteiger partial charge in [0.2, 0.25) is 0 Å². The molecule has 1 aliphatic rings. The summed E-state index contributed by atoms with van der Waals surface area (Å²) in [6.07, 6.45) is 0. The standard InChI is InChI=1S/C12H32NO2Si4/c1-13-9-11-14-19(8,15-12-10-13)16(17(2,3)4)18(5,6)7/h9-12H2,1-8H3. The maximum atomic E-state index is 6.45. The molecule has 0 aromatic rings. The molecule has 1 radical (unpaired) electrons. The van der Waals surface area contributed by atoms with Gasteiger partial charge >= 0.3 is 8.08 Å². The highest BCUT2D eigenvalue weighted by atomic mass is 29.9. The third kappa shape index (κ3) is 4.90. The van der Waals surface area contributed by atoms with Crippen LogP contribution in [0.2, 0.25) is 45.8 Å². The predicted octanol–water partition coefficient (Wildman–Crippen LogP) is 2.44. The van der Waals surface area contributed by atoms with E-state index in [-0.39, 0.29) is 0 Å². The molecule has 0 amide bonds. The molecule has 3 nitrogen and oxygen atoms in total. The van der Waals surface area contributed by atoms with Gasteiger partial charge in [-0.05, 0) is 13.6 Å². The molecule has 7 heteroatoms. The van der Waals surface area contributed by atoms with Gasteiger partial charge in [-0.3, -0.25) is 0 Å². The van der Waals surface area contributed by atoms with Gasteiger partial charge < -0.3 is 13.8 Å². The Morgan fingerprint density at radius 3 is 1.58 bits per heavy atom. The molecule has 0 spiro atoms. The number of nitrogens with zero attached hydrogens (tertiary/aromatic N) is 1. The number of hydrogen-bond acceptors (Lipinski definition) is 3. The molecule has 1 fully saturated rings. The van der Waals surface area contributed by atoms with E-state index in [1.807, 2.05) is 0 Å². The molecular weight excluding hydrogens is 302 g/mol. The van der Waals surface area contributed by atoms with Gasteiger partial charge in [-0.25, -0.2) is 0 Å². The largest absolute Gasteiger partial charge is 0.396 e. The second-order valence-electron chi connectivity index (χ2n) is 7.82. The smallest absolute Gasteiger partial charge is 0.305 e. The van der Waals surface area contributed by atoms with Gasteiger partial charge in [0.15, 0.2) is 0 Å². The van der Waals surface area contributed by atoms with E-state index >= 15 is 0 Å². The molecule has 0 aromatic carbocycles. The van der Waals surface area contributed by atoms with E-state index in [1.54, 1.807) is 0 Å². The van der Waals surface area contributed by atoms with Crippen LogP contribution in [0, 0.1) is 0 Å². The minimum atomic E-state index is -1.95. The van der Waals surface area contributed by atoms with Gasteiger partial charge in [0.05, 0.1) is 7.35 Å². The average molecular weight is 335 g/mol. The number of hydrogen-bond donors (Lipinski definition) is 0. The Morgan fingerprint density at radius 2 is 1.26 bits per heavy atom. The fourth-order valence-electron chi connectivity index (χ4n) is 3.58. The molecular formula is C12H32NO2Si4. The Labute approximate surface area is 123 Å². The summed E-state index contributed by atoms with van der Waals surface area (Å²) in [5.74, 6) is 0. The van der Waals surface area contributed by atoms with E-state index in [1.165, 1.54) is 0 Å². The second kappa shape index (κ2) is 6.25. The van der Waals surface area contributed by atoms with Crippen molar-refractivity contribution in [2.75, 3.05) is 33.4 Å². The van der Waals surface area contributed by atoms with Gasteiger partial charge in [-0.2, -0.15) is 0 Å². The summed E-state index contributed by atoms with van der Waals surface area (Å²) >= 11 is 0. The van der Waals surface area contributed by atoms with Crippen LogP contribution in [0.15, 0.2) is 0 Å². The zero-order valence-electron chi connectivity index (χ0n) is 14.1. The number of rotatable bonds is 3. The lowest BCUT2D eigenvalue weighted by Gasteiger charge is -2.47. The van der Waals surface area contributed by atoms with Crippen LogP contribution in [0.1, 0.15) is 0 Å². The molecule has 0 bridgehead atoms. The van der Waals surface area contributed by atoms with Crippen molar-refractivity contribution in [1.29, 1.82) is 0 Å². The molecule has 1 heterocycles. The summed E-state index contributed by atoms with van der Waals surface area (Å²) in [6.45, 7) is 21.4. The van der Waals surface area contributed by atoms with E-state index in [4.69, 9.17) is 8.85 Å². The third-order valence-electron chi connectivity index (χ3n) is 3.66. The fourth-order valence-corrected chi connectivity index (χ4v) is 73.7. The molecule has 0 atom stereocenters. The van der Waals surface area contributed by atoms with E-state index in [9.17, 15) is 0 Å². The van der Waals surface area contributed by atoms with Gasteiger partial charge in [-0.15, -0.1) is 0 Å². The SMILES string of the molecule is CN1CCO[Si](C)([Si]([Si](C)(C)C)[Si](C)(C)C)OCC1. The predicted molar refractivity (Wildman–Crippen MR) is 93.5 cm³/mol. The Hall–Kier alpha value is 0.748. The molecule has 1 aliphatic heterocycles. The van der Waals surface area contributed by atoms with Gasteiger partial charge in [0, 0.05) is 41.5 Å². The minimum Gasteiger partial charge on any atom is -0.396 e. The first-order chi connectivity index (χ1) is 8.47. The highest BCUT2D eigenvalue weighted by Crippen LogP contribution is 2.28. The van der Waals surface area contributed by atoms with Gasteiger partial charge in [0.1, 0.15) is 0 Å². The quantitative estimate of drug-likeness (QED) is 0.740. The lowest BCUT2D eigenvalue weighted by atomic mass is 10.5. The molecule has 0 aromatic heterocycles. The van der Waals surface area contributed by atoms with Crippen molar-refractivity contribution in [2.24, 2.45) is 0 Å². The fraction of sp³-hybridized carbons (Fsp3) is 1.00. The van der Waals surface area contributed by atoms with Crippen molar-refractivity contribution < 1.29 is 8.85 Å². The van der Waals surface area contributed by atoms with Crippen molar-refractivity contribution in [3.8, 4) is 0 Å². The Bertz CT molecular complexity index is 277. The van der Waals surface area contributed by atoms with E-state index in [0.29, 0.717) is 0 Å². The molecule has 0 saturated carbocycles. The zero-order chi connectivity index (χ0) is 14.9. The van der Waals surface area contributed by atoms with Crippen LogP contribution in [0.5, 0.6) is 0 Å². The van der Waals surface area contributed by atoms with Crippen molar-refractivity contribution in [3.63, 3.8) is 0 Å². The van der Waals surface area contributed by atoms with E-state index < -0.39 is 30.6 Å². The first-order valence-electron chi connectivity index (χ1n) is 7.32. The molecule has 0 N–H and O–H groups in total. The third-order valence-corrected chi connectivity index (χ3v) is 56.8. The van der Waals surface area contributed by atoms with Crippen molar-refractivity contribution >= 4 is 30.6 Å².